The molecule has 154 valence electrons. The first-order valence-electron chi connectivity index (χ1n) is 8.89. The Morgan fingerprint density at radius 3 is 2.39 bits per heavy atom. The van der Waals surface area contributed by atoms with Crippen molar-refractivity contribution in [2.45, 2.75) is 36.6 Å². The lowest BCUT2D eigenvalue weighted by molar-refractivity contribution is -0.137. The van der Waals surface area contributed by atoms with Gasteiger partial charge in [0.1, 0.15) is 4.21 Å². The van der Waals surface area contributed by atoms with E-state index in [1.807, 2.05) is 6.92 Å². The van der Waals surface area contributed by atoms with Crippen molar-refractivity contribution in [3.63, 3.8) is 0 Å². The SMILES string of the molecule is Cc1ccc(S(=O)(=O)N2CCC(CO)(Cc3cccc(C(F)(F)F)c3)CC2)s1. The summed E-state index contributed by atoms with van der Waals surface area (Å²) >= 11 is 1.21. The van der Waals surface area contributed by atoms with Gasteiger partial charge in [-0.2, -0.15) is 17.5 Å². The van der Waals surface area contributed by atoms with E-state index in [4.69, 9.17) is 0 Å². The third-order valence-corrected chi connectivity index (χ3v) is 8.63. The summed E-state index contributed by atoms with van der Waals surface area (Å²) in [6, 6.07) is 8.45. The monoisotopic (exact) mass is 433 g/mol. The van der Waals surface area contributed by atoms with Crippen LogP contribution in [0.1, 0.15) is 28.8 Å². The first-order chi connectivity index (χ1) is 13.1. The van der Waals surface area contributed by atoms with Crippen LogP contribution in [-0.2, 0) is 22.6 Å². The minimum Gasteiger partial charge on any atom is -0.396 e. The topological polar surface area (TPSA) is 57.6 Å². The number of rotatable bonds is 5. The summed E-state index contributed by atoms with van der Waals surface area (Å²) in [7, 11) is -3.58. The van der Waals surface area contributed by atoms with Gasteiger partial charge in [0.25, 0.3) is 10.0 Å². The van der Waals surface area contributed by atoms with Gasteiger partial charge in [0.2, 0.25) is 0 Å². The first kappa shape index (κ1) is 21.3. The fraction of sp³-hybridized carbons (Fsp3) is 0.474. The van der Waals surface area contributed by atoms with Crippen LogP contribution in [0.25, 0.3) is 0 Å². The van der Waals surface area contributed by atoms with Crippen molar-refractivity contribution in [2.24, 2.45) is 5.41 Å². The molecule has 0 radical (unpaired) electrons. The molecule has 2 heterocycles. The van der Waals surface area contributed by atoms with Crippen molar-refractivity contribution in [3.8, 4) is 0 Å². The molecule has 1 aliphatic rings. The molecule has 1 fully saturated rings. The third-order valence-electron chi connectivity index (χ3n) is 5.26. The van der Waals surface area contributed by atoms with Crippen molar-refractivity contribution in [2.75, 3.05) is 19.7 Å². The molecule has 1 N–H and O–H groups in total. The maximum absolute atomic E-state index is 12.9. The molecule has 0 bridgehead atoms. The van der Waals surface area contributed by atoms with Gasteiger partial charge in [-0.3, -0.25) is 0 Å². The molecular formula is C19H22F3NO3S2. The summed E-state index contributed by atoms with van der Waals surface area (Å²) in [5.74, 6) is 0. The molecule has 0 unspecified atom stereocenters. The van der Waals surface area contributed by atoms with E-state index in [0.29, 0.717) is 22.6 Å². The number of benzene rings is 1. The van der Waals surface area contributed by atoms with Crippen LogP contribution in [0, 0.1) is 12.3 Å². The number of aliphatic hydroxyl groups is 1. The zero-order valence-corrected chi connectivity index (χ0v) is 17.0. The molecule has 0 spiro atoms. The summed E-state index contributed by atoms with van der Waals surface area (Å²) in [6.07, 6.45) is -3.36. The molecule has 0 amide bonds. The smallest absolute Gasteiger partial charge is 0.396 e. The lowest BCUT2D eigenvalue weighted by Gasteiger charge is -2.40. The Bertz CT molecular complexity index is 930. The number of hydrogen-bond acceptors (Lipinski definition) is 4. The van der Waals surface area contributed by atoms with E-state index in [2.05, 4.69) is 0 Å². The second-order valence-electron chi connectivity index (χ2n) is 7.30. The van der Waals surface area contributed by atoms with Crippen LogP contribution in [-0.4, -0.2) is 37.5 Å². The van der Waals surface area contributed by atoms with E-state index < -0.39 is 27.2 Å². The van der Waals surface area contributed by atoms with Crippen LogP contribution < -0.4 is 0 Å². The summed E-state index contributed by atoms with van der Waals surface area (Å²) < 4.78 is 66.1. The Kier molecular flexibility index (Phi) is 5.91. The van der Waals surface area contributed by atoms with Gasteiger partial charge in [-0.25, -0.2) is 8.42 Å². The molecule has 4 nitrogen and oxygen atoms in total. The van der Waals surface area contributed by atoms with E-state index in [0.717, 1.165) is 17.0 Å². The van der Waals surface area contributed by atoms with Crippen LogP contribution in [0.5, 0.6) is 0 Å². The van der Waals surface area contributed by atoms with Gasteiger partial charge in [0.15, 0.2) is 0 Å². The Labute approximate surface area is 166 Å². The Balaban J connectivity index is 1.74. The van der Waals surface area contributed by atoms with Gasteiger partial charge >= 0.3 is 6.18 Å². The van der Waals surface area contributed by atoms with E-state index in [-0.39, 0.29) is 26.1 Å². The number of nitrogens with zero attached hydrogens (tertiary/aromatic N) is 1. The van der Waals surface area contributed by atoms with Crippen molar-refractivity contribution in [1.82, 2.24) is 4.31 Å². The fourth-order valence-corrected chi connectivity index (χ4v) is 6.44. The normalized spacial score (nSPS) is 18.3. The van der Waals surface area contributed by atoms with Crippen molar-refractivity contribution < 1.29 is 26.7 Å². The van der Waals surface area contributed by atoms with Gasteiger partial charge in [0, 0.05) is 24.6 Å². The minimum atomic E-state index is -4.42. The number of aryl methyl sites for hydroxylation is 1. The molecular weight excluding hydrogens is 411 g/mol. The molecule has 1 saturated heterocycles. The van der Waals surface area contributed by atoms with Crippen molar-refractivity contribution in [1.29, 1.82) is 0 Å². The molecule has 1 aromatic heterocycles. The van der Waals surface area contributed by atoms with E-state index in [9.17, 15) is 26.7 Å². The average molecular weight is 434 g/mol. The van der Waals surface area contributed by atoms with Gasteiger partial charge in [-0.15, -0.1) is 11.3 Å². The van der Waals surface area contributed by atoms with E-state index >= 15 is 0 Å². The Morgan fingerprint density at radius 2 is 1.86 bits per heavy atom. The van der Waals surface area contributed by atoms with Crippen LogP contribution >= 0.6 is 11.3 Å². The van der Waals surface area contributed by atoms with E-state index in [1.165, 1.54) is 21.7 Å². The van der Waals surface area contributed by atoms with Crippen molar-refractivity contribution in [3.05, 3.63) is 52.4 Å². The van der Waals surface area contributed by atoms with Crippen LogP contribution in [0.15, 0.2) is 40.6 Å². The average Bonchev–Trinajstić information content (AvgIpc) is 3.09. The number of sulfonamides is 1. The highest BCUT2D eigenvalue weighted by molar-refractivity contribution is 7.91. The zero-order valence-electron chi connectivity index (χ0n) is 15.4. The lowest BCUT2D eigenvalue weighted by atomic mass is 9.75. The number of alkyl halides is 3. The maximum atomic E-state index is 12.9. The molecule has 1 aliphatic heterocycles. The quantitative estimate of drug-likeness (QED) is 0.773. The predicted octanol–water partition coefficient (Wildman–Crippen LogP) is 4.08. The van der Waals surface area contributed by atoms with Gasteiger partial charge in [-0.1, -0.05) is 18.2 Å². The highest BCUT2D eigenvalue weighted by Gasteiger charge is 2.39. The third kappa shape index (κ3) is 4.42. The fourth-order valence-electron chi connectivity index (χ4n) is 3.56. The van der Waals surface area contributed by atoms with Gasteiger partial charge in [-0.05, 0) is 55.4 Å². The number of aliphatic hydroxyl groups excluding tert-OH is 1. The molecule has 3 rings (SSSR count). The van der Waals surface area contributed by atoms with E-state index in [1.54, 1.807) is 18.2 Å². The molecule has 9 heteroatoms. The second kappa shape index (κ2) is 7.78. The summed E-state index contributed by atoms with van der Waals surface area (Å²) in [4.78, 5) is 0.907. The predicted molar refractivity (Wildman–Crippen MR) is 102 cm³/mol. The second-order valence-corrected chi connectivity index (χ2v) is 10.8. The molecule has 0 atom stereocenters. The lowest BCUT2D eigenvalue weighted by Crippen LogP contribution is -2.45. The standard InChI is InChI=1S/C19H22F3NO3S2/c1-14-5-6-17(27-14)28(25,26)23-9-7-18(13-24,8-10-23)12-15-3-2-4-16(11-15)19(20,21)22/h2-6,11,24H,7-10,12-13H2,1H3. The molecule has 1 aromatic carbocycles. The number of piperidine rings is 1. The summed E-state index contributed by atoms with van der Waals surface area (Å²) in [5.41, 5.74) is -0.845. The zero-order chi connectivity index (χ0) is 20.6. The molecule has 0 saturated carbocycles. The first-order valence-corrected chi connectivity index (χ1v) is 11.2. The number of thiophene rings is 1. The minimum absolute atomic E-state index is 0.199. The number of halogens is 3. The molecule has 28 heavy (non-hydrogen) atoms. The molecule has 0 aliphatic carbocycles. The maximum Gasteiger partial charge on any atom is 0.416 e. The van der Waals surface area contributed by atoms with Crippen molar-refractivity contribution >= 4 is 21.4 Å². The van der Waals surface area contributed by atoms with Crippen LogP contribution in [0.4, 0.5) is 13.2 Å². The Morgan fingerprint density at radius 1 is 1.18 bits per heavy atom. The van der Waals surface area contributed by atoms with Gasteiger partial charge in [0.05, 0.1) is 5.56 Å². The largest absolute Gasteiger partial charge is 0.416 e. The molecule has 2 aromatic rings. The van der Waals surface area contributed by atoms with Crippen LogP contribution in [0.2, 0.25) is 0 Å². The van der Waals surface area contributed by atoms with Gasteiger partial charge < -0.3 is 5.11 Å². The highest BCUT2D eigenvalue weighted by atomic mass is 32.2. The number of hydrogen-bond donors (Lipinski definition) is 1. The summed E-state index contributed by atoms with van der Waals surface area (Å²) in [5, 5.41) is 9.95. The highest BCUT2D eigenvalue weighted by Crippen LogP contribution is 2.38. The van der Waals surface area contributed by atoms with Crippen LogP contribution in [0.3, 0.4) is 0 Å². The Hall–Kier alpha value is -1.42. The summed E-state index contributed by atoms with van der Waals surface area (Å²) in [6.45, 7) is 2.11.